The first-order valence-corrected chi connectivity index (χ1v) is 6.96. The van der Waals surface area contributed by atoms with Crippen molar-refractivity contribution in [3.63, 3.8) is 0 Å². The predicted octanol–water partition coefficient (Wildman–Crippen LogP) is 3.12. The molecule has 0 amide bonds. The average molecular weight is 243 g/mol. The van der Waals surface area contributed by atoms with E-state index in [4.69, 9.17) is 0 Å². The Morgan fingerprint density at radius 3 is 3.00 bits per heavy atom. The maximum absolute atomic E-state index is 4.53. The molecule has 1 fully saturated rings. The van der Waals surface area contributed by atoms with Crippen LogP contribution in [0.4, 0.5) is 0 Å². The van der Waals surface area contributed by atoms with Gasteiger partial charge in [0.2, 0.25) is 0 Å². The number of aromatic nitrogens is 2. The summed E-state index contributed by atoms with van der Waals surface area (Å²) in [6, 6.07) is 7.19. The van der Waals surface area contributed by atoms with Crippen molar-refractivity contribution < 1.29 is 0 Å². The Kier molecular flexibility index (Phi) is 3.08. The Hall–Kier alpha value is -1.35. The quantitative estimate of drug-likeness (QED) is 0.878. The molecule has 18 heavy (non-hydrogen) atoms. The summed E-state index contributed by atoms with van der Waals surface area (Å²) >= 11 is 0. The van der Waals surface area contributed by atoms with Crippen molar-refractivity contribution >= 4 is 10.9 Å². The minimum absolute atomic E-state index is 0.524. The van der Waals surface area contributed by atoms with Gasteiger partial charge in [-0.2, -0.15) is 5.10 Å². The van der Waals surface area contributed by atoms with Crippen LogP contribution in [0.15, 0.2) is 24.4 Å². The molecule has 2 atom stereocenters. The fraction of sp³-hybridized carbons (Fsp3) is 0.533. The first-order chi connectivity index (χ1) is 8.76. The van der Waals surface area contributed by atoms with Crippen molar-refractivity contribution in [3.8, 4) is 0 Å². The Balaban J connectivity index is 1.88. The van der Waals surface area contributed by atoms with Gasteiger partial charge >= 0.3 is 0 Å². The van der Waals surface area contributed by atoms with Crippen molar-refractivity contribution in [2.75, 3.05) is 6.54 Å². The molecule has 3 heteroatoms. The first kappa shape index (κ1) is 11.7. The third kappa shape index (κ3) is 2.15. The van der Waals surface area contributed by atoms with E-state index < -0.39 is 0 Å². The van der Waals surface area contributed by atoms with Crippen LogP contribution >= 0.6 is 0 Å². The van der Waals surface area contributed by atoms with Gasteiger partial charge in [0, 0.05) is 24.2 Å². The zero-order valence-electron chi connectivity index (χ0n) is 11.2. The highest BCUT2D eigenvalue weighted by atomic mass is 15.3. The molecule has 1 N–H and O–H groups in total. The topological polar surface area (TPSA) is 29.9 Å². The fourth-order valence-electron chi connectivity index (χ4n) is 2.76. The van der Waals surface area contributed by atoms with Crippen LogP contribution in [0.5, 0.6) is 0 Å². The molecule has 96 valence electrons. The highest BCUT2D eigenvalue weighted by molar-refractivity contribution is 5.78. The van der Waals surface area contributed by atoms with Crippen LogP contribution in [0.3, 0.4) is 0 Å². The van der Waals surface area contributed by atoms with Gasteiger partial charge in [-0.3, -0.25) is 4.68 Å². The van der Waals surface area contributed by atoms with E-state index in [9.17, 15) is 0 Å². The zero-order valence-corrected chi connectivity index (χ0v) is 11.2. The molecule has 1 aliphatic heterocycles. The van der Waals surface area contributed by atoms with Crippen LogP contribution < -0.4 is 5.32 Å². The van der Waals surface area contributed by atoms with Crippen LogP contribution in [-0.2, 0) is 6.54 Å². The highest BCUT2D eigenvalue weighted by Gasteiger charge is 2.19. The van der Waals surface area contributed by atoms with Gasteiger partial charge in [-0.15, -0.1) is 0 Å². The maximum atomic E-state index is 4.53. The summed E-state index contributed by atoms with van der Waals surface area (Å²) < 4.78 is 2.00. The number of fused-ring (bicyclic) bond motifs is 1. The summed E-state index contributed by atoms with van der Waals surface area (Å²) in [7, 11) is 0. The van der Waals surface area contributed by atoms with Gasteiger partial charge in [0.25, 0.3) is 0 Å². The van der Waals surface area contributed by atoms with Crippen LogP contribution in [0.1, 0.15) is 38.3 Å². The lowest BCUT2D eigenvalue weighted by Crippen LogP contribution is -2.31. The minimum Gasteiger partial charge on any atom is -0.310 e. The summed E-state index contributed by atoms with van der Waals surface area (Å²) in [6.07, 6.45) is 4.71. The number of piperidine rings is 1. The number of benzene rings is 1. The first-order valence-electron chi connectivity index (χ1n) is 6.96. The summed E-state index contributed by atoms with van der Waals surface area (Å²) in [4.78, 5) is 0. The van der Waals surface area contributed by atoms with E-state index in [1.54, 1.807) is 0 Å². The molecule has 3 nitrogen and oxygen atoms in total. The van der Waals surface area contributed by atoms with Gasteiger partial charge < -0.3 is 5.32 Å². The molecule has 0 radical (unpaired) electrons. The summed E-state index contributed by atoms with van der Waals surface area (Å²) in [5, 5.41) is 9.43. The monoisotopic (exact) mass is 243 g/mol. The second-order valence-electron chi connectivity index (χ2n) is 5.45. The molecule has 0 bridgehead atoms. The Morgan fingerprint density at radius 2 is 2.28 bits per heavy atom. The molecule has 0 saturated carbocycles. The second kappa shape index (κ2) is 4.73. The van der Waals surface area contributed by atoms with Gasteiger partial charge in [0.1, 0.15) is 0 Å². The van der Waals surface area contributed by atoms with Crippen LogP contribution in [0, 0.1) is 5.92 Å². The van der Waals surface area contributed by atoms with E-state index >= 15 is 0 Å². The lowest BCUT2D eigenvalue weighted by Gasteiger charge is -2.28. The molecule has 1 aromatic heterocycles. The summed E-state index contributed by atoms with van der Waals surface area (Å²) in [6.45, 7) is 6.51. The van der Waals surface area contributed by atoms with E-state index in [0.717, 1.165) is 24.5 Å². The van der Waals surface area contributed by atoms with Gasteiger partial charge in [-0.25, -0.2) is 0 Å². The molecular weight excluding hydrogens is 222 g/mol. The molecule has 2 heterocycles. The van der Waals surface area contributed by atoms with Crippen molar-refractivity contribution in [2.24, 2.45) is 5.92 Å². The molecule has 1 aromatic carbocycles. The van der Waals surface area contributed by atoms with Gasteiger partial charge in [0.05, 0.1) is 5.52 Å². The van der Waals surface area contributed by atoms with E-state index in [-0.39, 0.29) is 0 Å². The molecule has 3 rings (SSSR count). The average Bonchev–Trinajstić information content (AvgIpc) is 2.81. The lowest BCUT2D eigenvalue weighted by molar-refractivity contribution is 0.333. The third-order valence-electron chi connectivity index (χ3n) is 3.96. The van der Waals surface area contributed by atoms with Crippen molar-refractivity contribution in [3.05, 3.63) is 30.0 Å². The number of hydrogen-bond acceptors (Lipinski definition) is 2. The number of nitrogens with zero attached hydrogens (tertiary/aromatic N) is 2. The highest BCUT2D eigenvalue weighted by Crippen LogP contribution is 2.27. The largest absolute Gasteiger partial charge is 0.310 e. The second-order valence-corrected chi connectivity index (χ2v) is 5.45. The number of nitrogens with one attached hydrogen (secondary N) is 1. The molecule has 1 aliphatic rings. The lowest BCUT2D eigenvalue weighted by atomic mass is 9.92. The van der Waals surface area contributed by atoms with Gasteiger partial charge in [-0.1, -0.05) is 13.0 Å². The molecule has 2 aromatic rings. The Labute approximate surface area is 108 Å². The SMILES string of the molecule is CCn1cc2cc(C3CCC(C)CN3)ccc2n1. The summed E-state index contributed by atoms with van der Waals surface area (Å²) in [5.41, 5.74) is 2.51. The van der Waals surface area contributed by atoms with Crippen LogP contribution in [-0.4, -0.2) is 16.3 Å². The predicted molar refractivity (Wildman–Crippen MR) is 74.5 cm³/mol. The normalized spacial score (nSPS) is 24.6. The van der Waals surface area contributed by atoms with E-state index in [1.807, 2.05) is 4.68 Å². The molecule has 1 saturated heterocycles. The van der Waals surface area contributed by atoms with E-state index in [2.05, 4.69) is 48.7 Å². The summed E-state index contributed by atoms with van der Waals surface area (Å²) in [5.74, 6) is 0.813. The van der Waals surface area contributed by atoms with Crippen molar-refractivity contribution in [1.29, 1.82) is 0 Å². The van der Waals surface area contributed by atoms with Crippen LogP contribution in [0.25, 0.3) is 10.9 Å². The number of rotatable bonds is 2. The smallest absolute Gasteiger partial charge is 0.0923 e. The number of aryl methyl sites for hydroxylation is 1. The Morgan fingerprint density at radius 1 is 1.39 bits per heavy atom. The third-order valence-corrected chi connectivity index (χ3v) is 3.96. The standard InChI is InChI=1S/C15H21N3/c1-3-18-10-13-8-12(5-7-15(13)17-18)14-6-4-11(2)9-16-14/h5,7-8,10-11,14,16H,3-4,6,9H2,1-2H3. The molecular formula is C15H21N3. The van der Waals surface area contributed by atoms with Crippen molar-refractivity contribution in [2.45, 2.75) is 39.3 Å². The molecule has 0 aliphatic carbocycles. The Bertz CT molecular complexity index is 536. The molecule has 2 unspecified atom stereocenters. The minimum atomic E-state index is 0.524. The van der Waals surface area contributed by atoms with Crippen LogP contribution in [0.2, 0.25) is 0 Å². The maximum Gasteiger partial charge on any atom is 0.0923 e. The van der Waals surface area contributed by atoms with E-state index in [0.29, 0.717) is 6.04 Å². The van der Waals surface area contributed by atoms with Gasteiger partial charge in [0.15, 0.2) is 0 Å². The van der Waals surface area contributed by atoms with E-state index in [1.165, 1.54) is 23.8 Å². The van der Waals surface area contributed by atoms with Gasteiger partial charge in [-0.05, 0) is 49.9 Å². The van der Waals surface area contributed by atoms with Crippen molar-refractivity contribution in [1.82, 2.24) is 15.1 Å². The number of hydrogen-bond donors (Lipinski definition) is 1. The fourth-order valence-corrected chi connectivity index (χ4v) is 2.76. The zero-order chi connectivity index (χ0) is 12.5. The molecule has 0 spiro atoms.